The van der Waals surface area contributed by atoms with Gasteiger partial charge in [0.1, 0.15) is 0 Å². The first-order valence-electron chi connectivity index (χ1n) is 7.19. The Hall–Kier alpha value is 0.0469. The van der Waals surface area contributed by atoms with Crippen molar-refractivity contribution in [2.75, 3.05) is 0 Å². The van der Waals surface area contributed by atoms with Gasteiger partial charge in [0.15, 0.2) is 0 Å². The van der Waals surface area contributed by atoms with E-state index in [1.165, 1.54) is 57.8 Å². The van der Waals surface area contributed by atoms with E-state index in [0.717, 1.165) is 12.1 Å². The maximum atomic E-state index is 3.98. The summed E-state index contributed by atoms with van der Waals surface area (Å²) in [4.78, 5) is 0. The second-order valence-electron chi connectivity index (χ2n) is 5.83. The second kappa shape index (κ2) is 6.11. The minimum Gasteiger partial charge on any atom is -0.308 e. The zero-order chi connectivity index (χ0) is 11.4. The maximum absolute atomic E-state index is 3.98. The van der Waals surface area contributed by atoms with Gasteiger partial charge in [-0.05, 0) is 32.1 Å². The van der Waals surface area contributed by atoms with Crippen LogP contribution in [0.4, 0.5) is 0 Å². The van der Waals surface area contributed by atoms with E-state index in [0.29, 0.717) is 0 Å². The third kappa shape index (κ3) is 3.27. The van der Waals surface area contributed by atoms with Gasteiger partial charge in [-0.2, -0.15) is 0 Å². The fourth-order valence-electron chi connectivity index (χ4n) is 3.35. The van der Waals surface area contributed by atoms with Gasteiger partial charge in [0, 0.05) is 20.5 Å². The van der Waals surface area contributed by atoms with Crippen molar-refractivity contribution < 1.29 is 0 Å². The maximum Gasteiger partial charge on any atom is 0.0242 e. The minimum atomic E-state index is -0.179. The fourth-order valence-corrected chi connectivity index (χ4v) is 4.95. The van der Waals surface area contributed by atoms with Gasteiger partial charge in [0.25, 0.3) is 0 Å². The quantitative estimate of drug-likeness (QED) is 0.726. The molecule has 2 fully saturated rings. The van der Waals surface area contributed by atoms with Crippen LogP contribution >= 0.6 is 0 Å². The summed E-state index contributed by atoms with van der Waals surface area (Å²) < 4.78 is 0. The van der Waals surface area contributed by atoms with Gasteiger partial charge >= 0.3 is 0 Å². The molecule has 0 aromatic carbocycles. The Morgan fingerprint density at radius 1 is 0.938 bits per heavy atom. The molecule has 2 saturated carbocycles. The molecule has 2 aliphatic rings. The van der Waals surface area contributed by atoms with Gasteiger partial charge in [0.2, 0.25) is 0 Å². The molecule has 1 atom stereocenters. The van der Waals surface area contributed by atoms with Crippen LogP contribution in [0.5, 0.6) is 0 Å². The lowest BCUT2D eigenvalue weighted by Gasteiger charge is -2.33. The monoisotopic (exact) mass is 237 g/mol. The van der Waals surface area contributed by atoms with Crippen molar-refractivity contribution in [3.8, 4) is 0 Å². The summed E-state index contributed by atoms with van der Waals surface area (Å²) in [6.45, 7) is 4.95. The van der Waals surface area contributed by atoms with E-state index in [2.05, 4.69) is 18.4 Å². The van der Waals surface area contributed by atoms with Crippen molar-refractivity contribution in [2.24, 2.45) is 0 Å². The van der Waals surface area contributed by atoms with Crippen molar-refractivity contribution in [3.05, 3.63) is 0 Å². The molecule has 16 heavy (non-hydrogen) atoms. The predicted molar refractivity (Wildman–Crippen MR) is 74.8 cm³/mol. The Morgan fingerprint density at radius 2 is 1.62 bits per heavy atom. The van der Waals surface area contributed by atoms with Crippen LogP contribution in [0.3, 0.4) is 0 Å². The van der Waals surface area contributed by atoms with Crippen molar-refractivity contribution in [3.63, 3.8) is 0 Å². The van der Waals surface area contributed by atoms with Crippen molar-refractivity contribution in [2.45, 2.75) is 83.0 Å². The summed E-state index contributed by atoms with van der Waals surface area (Å²) in [5, 5.41) is 5.88. The lowest BCUT2D eigenvalue weighted by molar-refractivity contribution is 0.347. The lowest BCUT2D eigenvalue weighted by atomic mass is 9.91. The molecule has 92 valence electrons. The molecule has 0 aromatic heterocycles. The first kappa shape index (κ1) is 12.5. The standard InChI is InChI=1S/C14H27NSi/c1-16(2)14-11-7-6-10-13(14)15-12-8-4-3-5-9-12/h12-13,15H,3-11H2,1-2H3. The van der Waals surface area contributed by atoms with Crippen molar-refractivity contribution >= 4 is 13.6 Å². The zero-order valence-electron chi connectivity index (χ0n) is 11.0. The van der Waals surface area contributed by atoms with Crippen LogP contribution in [0.2, 0.25) is 13.1 Å². The molecular weight excluding hydrogens is 210 g/mol. The van der Waals surface area contributed by atoms with Crippen LogP contribution in [0, 0.1) is 0 Å². The molecule has 2 heteroatoms. The molecule has 0 saturated heterocycles. The molecule has 0 amide bonds. The van der Waals surface area contributed by atoms with E-state index < -0.39 is 0 Å². The Labute approximate surface area is 102 Å². The van der Waals surface area contributed by atoms with Gasteiger partial charge in [-0.25, -0.2) is 0 Å². The molecule has 1 N–H and O–H groups in total. The third-order valence-corrected chi connectivity index (χ3v) is 6.18. The first-order valence-corrected chi connectivity index (χ1v) is 9.69. The molecule has 0 aliphatic heterocycles. The molecule has 0 spiro atoms. The Balaban J connectivity index is 1.93. The van der Waals surface area contributed by atoms with E-state index in [-0.39, 0.29) is 8.41 Å². The van der Waals surface area contributed by atoms with Crippen molar-refractivity contribution in [1.29, 1.82) is 0 Å². The molecule has 0 radical (unpaired) electrons. The predicted octanol–water partition coefficient (Wildman–Crippen LogP) is 3.36. The summed E-state index contributed by atoms with van der Waals surface area (Å²) in [6.07, 6.45) is 13.0. The SMILES string of the molecule is C[Si](C)=C1CCCCC1NC1CCCCC1. The summed E-state index contributed by atoms with van der Waals surface area (Å²) in [5.74, 6) is 0. The van der Waals surface area contributed by atoms with Crippen LogP contribution in [0.25, 0.3) is 0 Å². The van der Waals surface area contributed by atoms with Gasteiger partial charge in [-0.1, -0.05) is 43.9 Å². The number of hydrogen-bond acceptors (Lipinski definition) is 1. The Morgan fingerprint density at radius 3 is 2.31 bits per heavy atom. The van der Waals surface area contributed by atoms with Crippen molar-refractivity contribution in [1.82, 2.24) is 5.32 Å². The average Bonchev–Trinajstić information content (AvgIpc) is 2.31. The highest BCUT2D eigenvalue weighted by Gasteiger charge is 2.23. The summed E-state index contributed by atoms with van der Waals surface area (Å²) in [5.41, 5.74) is 0. The second-order valence-corrected chi connectivity index (χ2v) is 8.47. The van der Waals surface area contributed by atoms with E-state index in [1.54, 1.807) is 0 Å². The minimum absolute atomic E-state index is 0.179. The van der Waals surface area contributed by atoms with Crippen LogP contribution in [0.1, 0.15) is 57.8 Å². The van der Waals surface area contributed by atoms with E-state index in [4.69, 9.17) is 0 Å². The first-order chi connectivity index (χ1) is 7.77. The number of hydrogen-bond donors (Lipinski definition) is 1. The largest absolute Gasteiger partial charge is 0.308 e. The fraction of sp³-hybridized carbons (Fsp3) is 0.929. The summed E-state index contributed by atoms with van der Waals surface area (Å²) >= 11 is 0. The third-order valence-electron chi connectivity index (χ3n) is 4.29. The average molecular weight is 237 g/mol. The molecule has 0 aromatic rings. The number of nitrogens with one attached hydrogen (secondary N) is 1. The molecule has 1 unspecified atom stereocenters. The number of rotatable bonds is 2. The molecule has 1 nitrogen and oxygen atoms in total. The lowest BCUT2D eigenvalue weighted by Crippen LogP contribution is -2.47. The van der Waals surface area contributed by atoms with E-state index in [9.17, 15) is 0 Å². The van der Waals surface area contributed by atoms with E-state index in [1.807, 2.05) is 5.17 Å². The van der Waals surface area contributed by atoms with Crippen LogP contribution in [-0.4, -0.2) is 25.7 Å². The zero-order valence-corrected chi connectivity index (χ0v) is 12.0. The van der Waals surface area contributed by atoms with Crippen LogP contribution in [0.15, 0.2) is 0 Å². The molecule has 0 heterocycles. The van der Waals surface area contributed by atoms with Crippen LogP contribution in [-0.2, 0) is 0 Å². The van der Waals surface area contributed by atoms with E-state index >= 15 is 0 Å². The highest BCUT2D eigenvalue weighted by atomic mass is 28.2. The smallest absolute Gasteiger partial charge is 0.0242 e. The Kier molecular flexibility index (Phi) is 4.77. The highest BCUT2D eigenvalue weighted by Crippen LogP contribution is 2.21. The molecule has 2 aliphatic carbocycles. The van der Waals surface area contributed by atoms with Gasteiger partial charge in [-0.15, -0.1) is 0 Å². The molecule has 0 bridgehead atoms. The highest BCUT2D eigenvalue weighted by molar-refractivity contribution is 6.69. The molecule has 2 rings (SSSR count). The van der Waals surface area contributed by atoms with Gasteiger partial charge in [0.05, 0.1) is 0 Å². The van der Waals surface area contributed by atoms with Gasteiger partial charge < -0.3 is 5.32 Å². The normalized spacial score (nSPS) is 28.1. The van der Waals surface area contributed by atoms with Crippen LogP contribution < -0.4 is 5.32 Å². The summed E-state index contributed by atoms with van der Waals surface area (Å²) in [7, 11) is -0.179. The Bertz CT molecular complexity index is 249. The van der Waals surface area contributed by atoms with Gasteiger partial charge in [-0.3, -0.25) is 0 Å². The topological polar surface area (TPSA) is 12.0 Å². The molecular formula is C14H27NSi. The summed E-state index contributed by atoms with van der Waals surface area (Å²) in [6, 6.07) is 1.63.